The molecule has 0 rings (SSSR count). The van der Waals surface area contributed by atoms with Gasteiger partial charge in [0.05, 0.1) is 6.04 Å². The summed E-state index contributed by atoms with van der Waals surface area (Å²) in [5.74, 6) is 0.123. The lowest BCUT2D eigenvalue weighted by molar-refractivity contribution is -0.123. The summed E-state index contributed by atoms with van der Waals surface area (Å²) in [7, 11) is 2.16. The maximum atomic E-state index is 12.0. The predicted molar refractivity (Wildman–Crippen MR) is 87.0 cm³/mol. The van der Waals surface area contributed by atoms with Crippen LogP contribution in [0.15, 0.2) is 0 Å². The quantitative estimate of drug-likeness (QED) is 0.573. The highest BCUT2D eigenvalue weighted by atomic mass is 16.2. The van der Waals surface area contributed by atoms with Gasteiger partial charge in [-0.2, -0.15) is 0 Å². The Morgan fingerprint density at radius 3 is 2.20 bits per heavy atom. The summed E-state index contributed by atoms with van der Waals surface area (Å²) in [5.41, 5.74) is 0. The topological polar surface area (TPSA) is 44.4 Å². The van der Waals surface area contributed by atoms with Crippen LogP contribution in [-0.2, 0) is 4.79 Å². The van der Waals surface area contributed by atoms with Crippen molar-refractivity contribution in [1.29, 1.82) is 0 Å². The highest BCUT2D eigenvalue weighted by molar-refractivity contribution is 5.81. The molecule has 0 aliphatic rings. The van der Waals surface area contributed by atoms with Crippen molar-refractivity contribution in [2.45, 2.75) is 78.4 Å². The average molecular weight is 285 g/mol. The Kier molecular flexibility index (Phi) is 10.8. The second kappa shape index (κ2) is 11.1. The zero-order valence-corrected chi connectivity index (χ0v) is 14.3. The van der Waals surface area contributed by atoms with Crippen molar-refractivity contribution in [3.05, 3.63) is 0 Å². The lowest BCUT2D eigenvalue weighted by Crippen LogP contribution is -2.46. The van der Waals surface area contributed by atoms with Crippen LogP contribution in [0.1, 0.15) is 60.3 Å². The van der Waals surface area contributed by atoms with Gasteiger partial charge in [0.15, 0.2) is 0 Å². The summed E-state index contributed by atoms with van der Waals surface area (Å²) in [6.07, 6.45) is 4.27. The zero-order chi connectivity index (χ0) is 15.5. The fourth-order valence-corrected chi connectivity index (χ4v) is 1.97. The van der Waals surface area contributed by atoms with Crippen molar-refractivity contribution in [2.24, 2.45) is 0 Å². The third kappa shape index (κ3) is 8.54. The van der Waals surface area contributed by atoms with Gasteiger partial charge in [-0.15, -0.1) is 0 Å². The van der Waals surface area contributed by atoms with Crippen LogP contribution in [0, 0.1) is 0 Å². The first-order chi connectivity index (χ1) is 9.42. The Balaban J connectivity index is 3.72. The molecule has 1 atom stereocenters. The number of hydrogen-bond donors (Lipinski definition) is 2. The second-order valence-corrected chi connectivity index (χ2v) is 5.98. The molecule has 1 unspecified atom stereocenters. The molecule has 0 saturated carbocycles. The van der Waals surface area contributed by atoms with Gasteiger partial charge in [-0.25, -0.2) is 0 Å². The second-order valence-electron chi connectivity index (χ2n) is 5.98. The van der Waals surface area contributed by atoms with Gasteiger partial charge in [0.25, 0.3) is 0 Å². The predicted octanol–water partition coefficient (Wildman–Crippen LogP) is 2.39. The molecule has 2 N–H and O–H groups in total. The SMILES string of the molecule is CCC(CC)NC(=O)C(C)NCCCCN(C)C(C)C. The van der Waals surface area contributed by atoms with E-state index in [0.717, 1.165) is 32.4 Å². The molecule has 0 bridgehead atoms. The molecule has 0 aromatic carbocycles. The molecule has 0 aromatic heterocycles. The Morgan fingerprint density at radius 1 is 1.10 bits per heavy atom. The van der Waals surface area contributed by atoms with Crippen LogP contribution in [-0.4, -0.2) is 49.1 Å². The highest BCUT2D eigenvalue weighted by Crippen LogP contribution is 1.99. The van der Waals surface area contributed by atoms with Crippen molar-refractivity contribution < 1.29 is 4.79 Å². The molecule has 0 radical (unpaired) electrons. The van der Waals surface area contributed by atoms with Crippen LogP contribution in [0.2, 0.25) is 0 Å². The van der Waals surface area contributed by atoms with E-state index in [9.17, 15) is 4.79 Å². The zero-order valence-electron chi connectivity index (χ0n) is 14.3. The summed E-state index contributed by atoms with van der Waals surface area (Å²) in [6.45, 7) is 12.6. The van der Waals surface area contributed by atoms with Crippen LogP contribution in [0.3, 0.4) is 0 Å². The van der Waals surface area contributed by atoms with E-state index in [-0.39, 0.29) is 11.9 Å². The third-order valence-electron chi connectivity index (χ3n) is 3.99. The molecule has 0 heterocycles. The molecule has 0 saturated heterocycles. The smallest absolute Gasteiger partial charge is 0.237 e. The standard InChI is InChI=1S/C16H35N3O/c1-7-15(8-2)18-16(20)14(5)17-11-9-10-12-19(6)13(3)4/h13-15,17H,7-12H2,1-6H3,(H,18,20). The fourth-order valence-electron chi connectivity index (χ4n) is 1.97. The van der Waals surface area contributed by atoms with Gasteiger partial charge >= 0.3 is 0 Å². The first kappa shape index (κ1) is 19.4. The van der Waals surface area contributed by atoms with Gasteiger partial charge < -0.3 is 15.5 Å². The number of nitrogens with zero attached hydrogens (tertiary/aromatic N) is 1. The van der Waals surface area contributed by atoms with Crippen molar-refractivity contribution in [3.63, 3.8) is 0 Å². The Hall–Kier alpha value is -0.610. The molecule has 4 heteroatoms. The van der Waals surface area contributed by atoms with E-state index in [1.807, 2.05) is 6.92 Å². The summed E-state index contributed by atoms with van der Waals surface area (Å²) in [6, 6.07) is 0.817. The Morgan fingerprint density at radius 2 is 1.70 bits per heavy atom. The number of carbonyl (C=O) groups is 1. The molecule has 120 valence electrons. The number of unbranched alkanes of at least 4 members (excludes halogenated alkanes) is 1. The maximum absolute atomic E-state index is 12.0. The van der Waals surface area contributed by atoms with Crippen LogP contribution < -0.4 is 10.6 Å². The number of hydrogen-bond acceptors (Lipinski definition) is 3. The van der Waals surface area contributed by atoms with Gasteiger partial charge in [-0.3, -0.25) is 4.79 Å². The maximum Gasteiger partial charge on any atom is 0.237 e. The third-order valence-corrected chi connectivity index (χ3v) is 3.99. The van der Waals surface area contributed by atoms with E-state index < -0.39 is 0 Å². The van der Waals surface area contributed by atoms with Crippen molar-refractivity contribution in [1.82, 2.24) is 15.5 Å². The molecular weight excluding hydrogens is 250 g/mol. The minimum Gasteiger partial charge on any atom is -0.352 e. The molecule has 0 fully saturated rings. The molecule has 0 aliphatic heterocycles. The summed E-state index contributed by atoms with van der Waals surface area (Å²) in [4.78, 5) is 14.3. The van der Waals surface area contributed by atoms with Crippen molar-refractivity contribution in [2.75, 3.05) is 20.1 Å². The van der Waals surface area contributed by atoms with Crippen LogP contribution in [0.5, 0.6) is 0 Å². The van der Waals surface area contributed by atoms with Gasteiger partial charge in [0.2, 0.25) is 5.91 Å². The highest BCUT2D eigenvalue weighted by Gasteiger charge is 2.14. The number of rotatable bonds is 11. The van der Waals surface area contributed by atoms with Crippen molar-refractivity contribution >= 4 is 5.91 Å². The normalized spacial score (nSPS) is 13.2. The van der Waals surface area contributed by atoms with Gasteiger partial charge in [-0.1, -0.05) is 13.8 Å². The molecule has 20 heavy (non-hydrogen) atoms. The monoisotopic (exact) mass is 285 g/mol. The van der Waals surface area contributed by atoms with E-state index in [2.05, 4.69) is 50.3 Å². The van der Waals surface area contributed by atoms with Crippen LogP contribution in [0.4, 0.5) is 0 Å². The molecule has 4 nitrogen and oxygen atoms in total. The summed E-state index contributed by atoms with van der Waals surface area (Å²) >= 11 is 0. The van der Waals surface area contributed by atoms with E-state index in [4.69, 9.17) is 0 Å². The fraction of sp³-hybridized carbons (Fsp3) is 0.938. The van der Waals surface area contributed by atoms with E-state index >= 15 is 0 Å². The number of carbonyl (C=O) groups excluding carboxylic acids is 1. The van der Waals surface area contributed by atoms with E-state index in [1.165, 1.54) is 6.42 Å². The molecule has 0 aliphatic carbocycles. The van der Waals surface area contributed by atoms with Gasteiger partial charge in [0.1, 0.15) is 0 Å². The first-order valence-electron chi connectivity index (χ1n) is 8.16. The van der Waals surface area contributed by atoms with Crippen LogP contribution >= 0.6 is 0 Å². The minimum absolute atomic E-state index is 0.0987. The summed E-state index contributed by atoms with van der Waals surface area (Å²) in [5, 5.41) is 6.39. The lowest BCUT2D eigenvalue weighted by Gasteiger charge is -2.21. The van der Waals surface area contributed by atoms with E-state index in [0.29, 0.717) is 12.1 Å². The first-order valence-corrected chi connectivity index (χ1v) is 8.16. The number of nitrogens with one attached hydrogen (secondary N) is 2. The molecular formula is C16H35N3O. The lowest BCUT2D eigenvalue weighted by atomic mass is 10.1. The molecule has 1 amide bonds. The Labute approximate surface area is 125 Å². The van der Waals surface area contributed by atoms with Gasteiger partial charge in [0, 0.05) is 12.1 Å². The minimum atomic E-state index is -0.0987. The van der Waals surface area contributed by atoms with Crippen molar-refractivity contribution in [3.8, 4) is 0 Å². The van der Waals surface area contributed by atoms with Gasteiger partial charge in [-0.05, 0) is 66.6 Å². The Bertz CT molecular complexity index is 252. The largest absolute Gasteiger partial charge is 0.352 e. The molecule has 0 spiro atoms. The summed E-state index contributed by atoms with van der Waals surface area (Å²) < 4.78 is 0. The average Bonchev–Trinajstić information content (AvgIpc) is 2.43. The molecule has 0 aromatic rings. The van der Waals surface area contributed by atoms with Crippen LogP contribution in [0.25, 0.3) is 0 Å². The number of amides is 1. The van der Waals surface area contributed by atoms with E-state index in [1.54, 1.807) is 0 Å².